The number of aryl methyl sites for hydroxylation is 2. The molecule has 3 rings (SSSR count). The van der Waals surface area contributed by atoms with Crippen molar-refractivity contribution in [2.24, 2.45) is 7.05 Å². The number of carbonyl (C=O) groups is 1. The minimum atomic E-state index is -0.762. The Morgan fingerprint density at radius 1 is 1.18 bits per heavy atom. The first-order valence-electron chi connectivity index (χ1n) is 7.11. The molecule has 0 unspecified atom stereocenters. The minimum Gasteiger partial charge on any atom is -0.481 e. The topological polar surface area (TPSA) is 42.2 Å². The Morgan fingerprint density at radius 2 is 1.95 bits per heavy atom. The van der Waals surface area contributed by atoms with Crippen LogP contribution in [0.25, 0.3) is 22.2 Å². The molecule has 0 fully saturated rings. The Balaban J connectivity index is 2.05. The van der Waals surface area contributed by atoms with E-state index in [1.165, 1.54) is 0 Å². The van der Waals surface area contributed by atoms with E-state index in [9.17, 15) is 4.79 Å². The van der Waals surface area contributed by atoms with Crippen molar-refractivity contribution in [1.82, 2.24) is 4.57 Å². The molecule has 0 aliphatic rings. The fraction of sp³-hybridized carbons (Fsp3) is 0.167. The maximum Gasteiger partial charge on any atom is 0.303 e. The maximum absolute atomic E-state index is 10.7. The summed E-state index contributed by atoms with van der Waals surface area (Å²) < 4.78 is 3.23. The van der Waals surface area contributed by atoms with Crippen LogP contribution in [0.5, 0.6) is 0 Å². The molecule has 22 heavy (non-hydrogen) atoms. The van der Waals surface area contributed by atoms with Gasteiger partial charge in [0, 0.05) is 40.1 Å². The van der Waals surface area contributed by atoms with Gasteiger partial charge >= 0.3 is 5.97 Å². The predicted octanol–water partition coefficient (Wildman–Crippen LogP) is 4.63. The molecule has 1 heterocycles. The quantitative estimate of drug-likeness (QED) is 0.739. The molecule has 0 radical (unpaired) electrons. The summed E-state index contributed by atoms with van der Waals surface area (Å²) in [5.41, 5.74) is 4.48. The lowest BCUT2D eigenvalue weighted by Crippen LogP contribution is -1.97. The van der Waals surface area contributed by atoms with Crippen molar-refractivity contribution in [1.29, 1.82) is 0 Å². The Kier molecular flexibility index (Phi) is 4.03. The Bertz CT molecular complexity index is 851. The summed E-state index contributed by atoms with van der Waals surface area (Å²) in [5, 5.41) is 9.94. The molecule has 0 saturated heterocycles. The normalized spacial score (nSPS) is 11.0. The first-order valence-corrected chi connectivity index (χ1v) is 7.90. The highest BCUT2D eigenvalue weighted by molar-refractivity contribution is 9.10. The molecular formula is C18H16BrNO2. The summed E-state index contributed by atoms with van der Waals surface area (Å²) in [4.78, 5) is 10.7. The molecule has 0 amide bonds. The Labute approximate surface area is 137 Å². The molecule has 0 saturated carbocycles. The van der Waals surface area contributed by atoms with Crippen LogP contribution in [0.2, 0.25) is 0 Å². The highest BCUT2D eigenvalue weighted by atomic mass is 79.9. The van der Waals surface area contributed by atoms with Crippen molar-refractivity contribution in [3.63, 3.8) is 0 Å². The van der Waals surface area contributed by atoms with Crippen molar-refractivity contribution in [3.8, 4) is 11.3 Å². The van der Waals surface area contributed by atoms with E-state index in [1.54, 1.807) is 0 Å². The lowest BCUT2D eigenvalue weighted by atomic mass is 10.1. The zero-order valence-corrected chi connectivity index (χ0v) is 13.8. The van der Waals surface area contributed by atoms with E-state index in [1.807, 2.05) is 31.3 Å². The van der Waals surface area contributed by atoms with Crippen LogP contribution in [0, 0.1) is 0 Å². The number of fused-ring (bicyclic) bond motifs is 1. The lowest BCUT2D eigenvalue weighted by molar-refractivity contribution is -0.136. The molecule has 3 aromatic rings. The third kappa shape index (κ3) is 2.79. The van der Waals surface area contributed by atoms with Crippen LogP contribution in [0.3, 0.4) is 0 Å². The lowest BCUT2D eigenvalue weighted by Gasteiger charge is -2.06. The fourth-order valence-corrected chi connectivity index (χ4v) is 3.22. The van der Waals surface area contributed by atoms with Gasteiger partial charge in [0.1, 0.15) is 0 Å². The Morgan fingerprint density at radius 3 is 2.68 bits per heavy atom. The third-order valence-electron chi connectivity index (χ3n) is 3.88. The highest BCUT2D eigenvalue weighted by Crippen LogP contribution is 2.32. The summed E-state index contributed by atoms with van der Waals surface area (Å²) in [7, 11) is 2.05. The van der Waals surface area contributed by atoms with Gasteiger partial charge in [-0.3, -0.25) is 4.79 Å². The van der Waals surface area contributed by atoms with Crippen LogP contribution in [-0.2, 0) is 18.3 Å². The number of hydrogen-bond donors (Lipinski definition) is 1. The molecule has 0 spiro atoms. The number of benzene rings is 2. The molecule has 4 heteroatoms. The largest absolute Gasteiger partial charge is 0.481 e. The fourth-order valence-electron chi connectivity index (χ4n) is 2.73. The monoisotopic (exact) mass is 357 g/mol. The summed E-state index contributed by atoms with van der Waals surface area (Å²) in [6.07, 6.45) is 0.722. The van der Waals surface area contributed by atoms with Crippen LogP contribution in [0.15, 0.2) is 53.0 Å². The second-order valence-electron chi connectivity index (χ2n) is 5.36. The van der Waals surface area contributed by atoms with Gasteiger partial charge in [-0.25, -0.2) is 0 Å². The number of carboxylic acids is 1. The average molecular weight is 358 g/mol. The number of halogens is 1. The zero-order valence-electron chi connectivity index (χ0n) is 12.2. The van der Waals surface area contributed by atoms with Gasteiger partial charge in [0.15, 0.2) is 0 Å². The van der Waals surface area contributed by atoms with E-state index in [4.69, 9.17) is 5.11 Å². The van der Waals surface area contributed by atoms with Crippen molar-refractivity contribution < 1.29 is 9.90 Å². The van der Waals surface area contributed by atoms with E-state index in [0.29, 0.717) is 6.42 Å². The van der Waals surface area contributed by atoms with Gasteiger partial charge in [-0.05, 0) is 36.2 Å². The SMILES string of the molecule is Cn1c(-c2ccccc2Br)cc2cc(CCC(=O)O)ccc21. The zero-order chi connectivity index (χ0) is 15.7. The second-order valence-corrected chi connectivity index (χ2v) is 6.21. The molecular weight excluding hydrogens is 342 g/mol. The number of carboxylic acid groups (broad SMARTS) is 1. The predicted molar refractivity (Wildman–Crippen MR) is 92.0 cm³/mol. The summed E-state index contributed by atoms with van der Waals surface area (Å²) in [5.74, 6) is -0.762. The van der Waals surface area contributed by atoms with E-state index in [2.05, 4.69) is 44.8 Å². The van der Waals surface area contributed by atoms with Crippen LogP contribution < -0.4 is 0 Å². The highest BCUT2D eigenvalue weighted by Gasteiger charge is 2.11. The third-order valence-corrected chi connectivity index (χ3v) is 4.58. The van der Waals surface area contributed by atoms with E-state index < -0.39 is 5.97 Å². The summed E-state index contributed by atoms with van der Waals surface area (Å²) in [6, 6.07) is 16.4. The van der Waals surface area contributed by atoms with Crippen molar-refractivity contribution in [3.05, 3.63) is 58.6 Å². The van der Waals surface area contributed by atoms with Crippen molar-refractivity contribution >= 4 is 32.8 Å². The molecule has 0 aliphatic heterocycles. The number of nitrogens with zero attached hydrogens (tertiary/aromatic N) is 1. The van der Waals surface area contributed by atoms with Crippen LogP contribution in [0.4, 0.5) is 0 Å². The number of aliphatic carboxylic acids is 1. The van der Waals surface area contributed by atoms with E-state index in [-0.39, 0.29) is 6.42 Å². The molecule has 3 nitrogen and oxygen atoms in total. The maximum atomic E-state index is 10.7. The number of rotatable bonds is 4. The van der Waals surface area contributed by atoms with Crippen molar-refractivity contribution in [2.75, 3.05) is 0 Å². The minimum absolute atomic E-state index is 0.162. The molecule has 0 bridgehead atoms. The van der Waals surface area contributed by atoms with Gasteiger partial charge in [-0.2, -0.15) is 0 Å². The number of aromatic nitrogens is 1. The second kappa shape index (κ2) is 5.97. The van der Waals surface area contributed by atoms with Gasteiger partial charge in [-0.15, -0.1) is 0 Å². The smallest absolute Gasteiger partial charge is 0.303 e. The summed E-state index contributed by atoms with van der Waals surface area (Å²) in [6.45, 7) is 0. The van der Waals surface area contributed by atoms with Gasteiger partial charge in [0.25, 0.3) is 0 Å². The van der Waals surface area contributed by atoms with Crippen LogP contribution in [0.1, 0.15) is 12.0 Å². The van der Waals surface area contributed by atoms with E-state index >= 15 is 0 Å². The molecule has 1 aromatic heterocycles. The molecule has 1 N–H and O–H groups in total. The van der Waals surface area contributed by atoms with E-state index in [0.717, 1.165) is 32.2 Å². The standard InChI is InChI=1S/C18H16BrNO2/c1-20-16-8-6-12(7-9-18(21)22)10-13(16)11-17(20)14-4-2-3-5-15(14)19/h2-6,8,10-11H,7,9H2,1H3,(H,21,22). The van der Waals surface area contributed by atoms with Crippen LogP contribution >= 0.6 is 15.9 Å². The Hall–Kier alpha value is -2.07. The first-order chi connectivity index (χ1) is 10.6. The van der Waals surface area contributed by atoms with Gasteiger partial charge in [0.2, 0.25) is 0 Å². The van der Waals surface area contributed by atoms with Gasteiger partial charge in [0.05, 0.1) is 0 Å². The molecule has 0 atom stereocenters. The van der Waals surface area contributed by atoms with Gasteiger partial charge in [-0.1, -0.05) is 40.2 Å². The summed E-state index contributed by atoms with van der Waals surface area (Å²) >= 11 is 3.60. The molecule has 0 aliphatic carbocycles. The molecule has 112 valence electrons. The van der Waals surface area contributed by atoms with Crippen molar-refractivity contribution in [2.45, 2.75) is 12.8 Å². The first kappa shape index (κ1) is 14.9. The van der Waals surface area contributed by atoms with Gasteiger partial charge < -0.3 is 9.67 Å². The number of hydrogen-bond acceptors (Lipinski definition) is 1. The van der Waals surface area contributed by atoms with Crippen LogP contribution in [-0.4, -0.2) is 15.6 Å². The average Bonchev–Trinajstić information content (AvgIpc) is 2.82. The molecule has 2 aromatic carbocycles.